The lowest BCUT2D eigenvalue weighted by molar-refractivity contribution is 0.207. The molecule has 0 fully saturated rings. The van der Waals surface area contributed by atoms with Gasteiger partial charge in [-0.25, -0.2) is 0 Å². The minimum absolute atomic E-state index is 0.128. The summed E-state index contributed by atoms with van der Waals surface area (Å²) < 4.78 is 11.4. The molecule has 1 rings (SSSR count). The third kappa shape index (κ3) is 5.83. The normalized spacial score (nSPS) is 12.5. The van der Waals surface area contributed by atoms with Gasteiger partial charge in [0.15, 0.2) is 11.5 Å². The van der Waals surface area contributed by atoms with Crippen molar-refractivity contribution in [3.63, 3.8) is 0 Å². The van der Waals surface area contributed by atoms with Crippen LogP contribution < -0.4 is 14.8 Å². The Bertz CT molecular complexity index is 391. The molecule has 0 heterocycles. The van der Waals surface area contributed by atoms with E-state index < -0.39 is 0 Å². The molecule has 1 aromatic carbocycles. The molecule has 1 N–H and O–H groups in total. The van der Waals surface area contributed by atoms with Gasteiger partial charge in [-0.15, -0.1) is 0 Å². The first kappa shape index (κ1) is 16.8. The Labute approximate surface area is 123 Å². The van der Waals surface area contributed by atoms with Crippen molar-refractivity contribution in [2.24, 2.45) is 5.92 Å². The molecule has 0 aromatic heterocycles. The van der Waals surface area contributed by atoms with E-state index in [-0.39, 0.29) is 6.10 Å². The van der Waals surface area contributed by atoms with Gasteiger partial charge >= 0.3 is 0 Å². The highest BCUT2D eigenvalue weighted by molar-refractivity contribution is 5.43. The van der Waals surface area contributed by atoms with Crippen molar-refractivity contribution in [2.75, 3.05) is 20.2 Å². The van der Waals surface area contributed by atoms with Crippen LogP contribution in [0, 0.1) is 5.92 Å². The van der Waals surface area contributed by atoms with Crippen LogP contribution in [0.15, 0.2) is 18.2 Å². The van der Waals surface area contributed by atoms with Crippen molar-refractivity contribution in [3.8, 4) is 11.5 Å². The van der Waals surface area contributed by atoms with Crippen LogP contribution >= 0.6 is 0 Å². The Kier molecular flexibility index (Phi) is 7.45. The van der Waals surface area contributed by atoms with Gasteiger partial charge in [0.25, 0.3) is 0 Å². The first-order valence-electron chi connectivity index (χ1n) is 7.61. The number of rotatable bonds is 9. The number of hydrogen-bond donors (Lipinski definition) is 1. The summed E-state index contributed by atoms with van der Waals surface area (Å²) in [6.07, 6.45) is 2.33. The van der Waals surface area contributed by atoms with Crippen LogP contribution in [0.25, 0.3) is 0 Å². The lowest BCUT2D eigenvalue weighted by atomic mass is 10.1. The Morgan fingerprint density at radius 2 is 1.90 bits per heavy atom. The fourth-order valence-corrected chi connectivity index (χ4v) is 1.98. The van der Waals surface area contributed by atoms with Gasteiger partial charge in [0.2, 0.25) is 0 Å². The summed E-state index contributed by atoms with van der Waals surface area (Å²) in [5.74, 6) is 2.38. The SMILES string of the molecule is CCc1ccc(OC(C)CNCCC(C)C)c(OC)c1. The predicted octanol–water partition coefficient (Wildman–Crippen LogP) is 3.66. The molecule has 0 spiro atoms. The molecule has 0 radical (unpaired) electrons. The highest BCUT2D eigenvalue weighted by atomic mass is 16.5. The van der Waals surface area contributed by atoms with Gasteiger partial charge in [0.05, 0.1) is 7.11 Å². The Morgan fingerprint density at radius 1 is 1.15 bits per heavy atom. The molecule has 0 bridgehead atoms. The highest BCUT2D eigenvalue weighted by Crippen LogP contribution is 2.29. The highest BCUT2D eigenvalue weighted by Gasteiger charge is 2.09. The van der Waals surface area contributed by atoms with Crippen molar-refractivity contribution < 1.29 is 9.47 Å². The number of ether oxygens (including phenoxy) is 2. The minimum Gasteiger partial charge on any atom is -0.493 e. The van der Waals surface area contributed by atoms with Gasteiger partial charge in [-0.2, -0.15) is 0 Å². The van der Waals surface area contributed by atoms with E-state index in [1.807, 2.05) is 12.1 Å². The van der Waals surface area contributed by atoms with Crippen molar-refractivity contribution in [1.82, 2.24) is 5.32 Å². The van der Waals surface area contributed by atoms with Gasteiger partial charge < -0.3 is 14.8 Å². The van der Waals surface area contributed by atoms with Gasteiger partial charge in [-0.3, -0.25) is 0 Å². The summed E-state index contributed by atoms with van der Waals surface area (Å²) in [6, 6.07) is 6.15. The molecule has 1 atom stereocenters. The number of aryl methyl sites for hydroxylation is 1. The zero-order valence-corrected chi connectivity index (χ0v) is 13.5. The zero-order chi connectivity index (χ0) is 15.0. The fourth-order valence-electron chi connectivity index (χ4n) is 1.98. The standard InChI is InChI=1S/C17H29NO2/c1-6-15-7-8-16(17(11-15)19-5)20-14(4)12-18-10-9-13(2)3/h7-8,11,13-14,18H,6,9-10,12H2,1-5H3. The van der Waals surface area contributed by atoms with Gasteiger partial charge in [-0.1, -0.05) is 26.8 Å². The third-order valence-electron chi connectivity index (χ3n) is 3.29. The number of benzene rings is 1. The monoisotopic (exact) mass is 279 g/mol. The van der Waals surface area contributed by atoms with E-state index >= 15 is 0 Å². The number of methoxy groups -OCH3 is 1. The van der Waals surface area contributed by atoms with Crippen LogP contribution in [-0.4, -0.2) is 26.3 Å². The Hall–Kier alpha value is -1.22. The molecular weight excluding hydrogens is 250 g/mol. The molecule has 3 nitrogen and oxygen atoms in total. The number of nitrogens with one attached hydrogen (secondary N) is 1. The molecule has 0 saturated heterocycles. The third-order valence-corrected chi connectivity index (χ3v) is 3.29. The van der Waals surface area contributed by atoms with Crippen molar-refractivity contribution in [2.45, 2.75) is 46.6 Å². The average Bonchev–Trinajstić information content (AvgIpc) is 2.43. The van der Waals surface area contributed by atoms with Crippen molar-refractivity contribution in [1.29, 1.82) is 0 Å². The molecule has 0 aliphatic rings. The van der Waals surface area contributed by atoms with Crippen molar-refractivity contribution >= 4 is 0 Å². The summed E-state index contributed by atoms with van der Waals surface area (Å²) in [7, 11) is 1.69. The maximum absolute atomic E-state index is 5.96. The molecule has 20 heavy (non-hydrogen) atoms. The largest absolute Gasteiger partial charge is 0.493 e. The van der Waals surface area contributed by atoms with Crippen LogP contribution in [0.2, 0.25) is 0 Å². The van der Waals surface area contributed by atoms with Gasteiger partial charge in [0, 0.05) is 6.54 Å². The van der Waals surface area contributed by atoms with Crippen LogP contribution in [0.4, 0.5) is 0 Å². The summed E-state index contributed by atoms with van der Waals surface area (Å²) in [4.78, 5) is 0. The Balaban J connectivity index is 2.46. The minimum atomic E-state index is 0.128. The lowest BCUT2D eigenvalue weighted by Crippen LogP contribution is -2.30. The van der Waals surface area contributed by atoms with E-state index in [4.69, 9.17) is 9.47 Å². The molecule has 1 unspecified atom stereocenters. The van der Waals surface area contributed by atoms with E-state index in [0.29, 0.717) is 0 Å². The van der Waals surface area contributed by atoms with Crippen LogP contribution in [-0.2, 0) is 6.42 Å². The summed E-state index contributed by atoms with van der Waals surface area (Å²) in [5.41, 5.74) is 1.26. The summed E-state index contributed by atoms with van der Waals surface area (Å²) in [5, 5.41) is 3.43. The lowest BCUT2D eigenvalue weighted by Gasteiger charge is -2.18. The second-order valence-electron chi connectivity index (χ2n) is 5.65. The molecule has 1 aromatic rings. The zero-order valence-electron chi connectivity index (χ0n) is 13.5. The van der Waals surface area contributed by atoms with E-state index in [9.17, 15) is 0 Å². The van der Waals surface area contributed by atoms with Gasteiger partial charge in [0.1, 0.15) is 6.10 Å². The molecule has 3 heteroatoms. The first-order valence-corrected chi connectivity index (χ1v) is 7.61. The molecule has 0 aliphatic heterocycles. The molecule has 114 valence electrons. The maximum Gasteiger partial charge on any atom is 0.161 e. The van der Waals surface area contributed by atoms with E-state index in [1.54, 1.807) is 7.11 Å². The van der Waals surface area contributed by atoms with E-state index in [1.165, 1.54) is 12.0 Å². The van der Waals surface area contributed by atoms with Crippen molar-refractivity contribution in [3.05, 3.63) is 23.8 Å². The number of hydrogen-bond acceptors (Lipinski definition) is 3. The molecule has 0 amide bonds. The van der Waals surface area contributed by atoms with Crippen LogP contribution in [0.1, 0.15) is 39.7 Å². The molecule has 0 saturated carbocycles. The second-order valence-corrected chi connectivity index (χ2v) is 5.65. The quantitative estimate of drug-likeness (QED) is 0.700. The molecule has 0 aliphatic carbocycles. The molecular formula is C17H29NO2. The topological polar surface area (TPSA) is 30.5 Å². The van der Waals surface area contributed by atoms with Gasteiger partial charge in [-0.05, 0) is 49.9 Å². The smallest absolute Gasteiger partial charge is 0.161 e. The predicted molar refractivity (Wildman–Crippen MR) is 84.8 cm³/mol. The van der Waals surface area contributed by atoms with Crippen LogP contribution in [0.3, 0.4) is 0 Å². The Morgan fingerprint density at radius 3 is 2.50 bits per heavy atom. The fraction of sp³-hybridized carbons (Fsp3) is 0.647. The maximum atomic E-state index is 5.96. The average molecular weight is 279 g/mol. The van der Waals surface area contributed by atoms with Crippen LogP contribution in [0.5, 0.6) is 11.5 Å². The first-order chi connectivity index (χ1) is 9.56. The summed E-state index contributed by atoms with van der Waals surface area (Å²) in [6.45, 7) is 10.6. The van der Waals surface area contributed by atoms with E-state index in [2.05, 4.69) is 39.1 Å². The summed E-state index contributed by atoms with van der Waals surface area (Å²) >= 11 is 0. The van der Waals surface area contributed by atoms with E-state index in [0.717, 1.165) is 36.9 Å². The second kappa shape index (κ2) is 8.85.